The molecule has 2 aliphatic rings. The van der Waals surface area contributed by atoms with Crippen LogP contribution in [-0.2, 0) is 11.3 Å². The molecule has 0 radical (unpaired) electrons. The number of carbonyl (C=O) groups excluding carboxylic acids is 1. The first-order chi connectivity index (χ1) is 12.1. The summed E-state index contributed by atoms with van der Waals surface area (Å²) in [4.78, 5) is 26.6. The van der Waals surface area contributed by atoms with Gasteiger partial charge in [0.1, 0.15) is 0 Å². The summed E-state index contributed by atoms with van der Waals surface area (Å²) in [5.41, 5.74) is 8.29. The van der Waals surface area contributed by atoms with Crippen molar-refractivity contribution in [3.63, 3.8) is 0 Å². The number of pyridine rings is 1. The normalized spacial score (nSPS) is 22.2. The number of likely N-dealkylation sites (tertiary alicyclic amines) is 1. The predicted molar refractivity (Wildman–Crippen MR) is 97.5 cm³/mol. The molecule has 4 rings (SSSR count). The number of hydrogen-bond donors (Lipinski definition) is 2. The fraction of sp³-hybridized carbons (Fsp3) is 0.368. The summed E-state index contributed by atoms with van der Waals surface area (Å²) in [6, 6.07) is 12.7. The van der Waals surface area contributed by atoms with Gasteiger partial charge in [-0.1, -0.05) is 6.07 Å². The van der Waals surface area contributed by atoms with Crippen LogP contribution in [0.1, 0.15) is 18.0 Å². The topological polar surface area (TPSA) is 80.4 Å². The first-order valence-electron chi connectivity index (χ1n) is 8.66. The minimum absolute atomic E-state index is 0.0183. The van der Waals surface area contributed by atoms with Crippen molar-refractivity contribution in [3.8, 4) is 0 Å². The Morgan fingerprint density at radius 1 is 1.12 bits per heavy atom. The van der Waals surface area contributed by atoms with Crippen molar-refractivity contribution >= 4 is 17.3 Å². The molecule has 3 heterocycles. The standard InChI is InChI=1S/C19H22N4O2/c20-15-4-6-16(7-5-15)21-18(24)12-22-9-13-8-14(11-22)17-2-1-3-19(25)23(17)10-13/h1-7,13-14H,8-12,20H2,(H,21,24). The van der Waals surface area contributed by atoms with E-state index in [0.29, 0.717) is 24.1 Å². The minimum Gasteiger partial charge on any atom is -0.399 e. The molecule has 1 saturated heterocycles. The summed E-state index contributed by atoms with van der Waals surface area (Å²) in [5, 5.41) is 2.92. The largest absolute Gasteiger partial charge is 0.399 e. The van der Waals surface area contributed by atoms with Crippen molar-refractivity contribution in [2.45, 2.75) is 18.9 Å². The number of nitrogens with two attached hydrogens (primary N) is 1. The van der Waals surface area contributed by atoms with Crippen LogP contribution in [0.2, 0.25) is 0 Å². The van der Waals surface area contributed by atoms with Crippen LogP contribution in [0.4, 0.5) is 11.4 Å². The minimum atomic E-state index is -0.0183. The number of fused-ring (bicyclic) bond motifs is 4. The van der Waals surface area contributed by atoms with Crippen molar-refractivity contribution < 1.29 is 4.79 Å². The van der Waals surface area contributed by atoms with E-state index in [1.165, 1.54) is 0 Å². The lowest BCUT2D eigenvalue weighted by molar-refractivity contribution is -0.117. The number of piperidine rings is 1. The average molecular weight is 338 g/mol. The van der Waals surface area contributed by atoms with Crippen LogP contribution in [0.25, 0.3) is 0 Å². The molecule has 1 aromatic carbocycles. The Balaban J connectivity index is 1.43. The molecule has 130 valence electrons. The highest BCUT2D eigenvalue weighted by molar-refractivity contribution is 5.92. The van der Waals surface area contributed by atoms with Gasteiger partial charge in [-0.3, -0.25) is 14.5 Å². The number of anilines is 2. The number of benzene rings is 1. The lowest BCUT2D eigenvalue weighted by atomic mass is 9.83. The number of amides is 1. The fourth-order valence-electron chi connectivity index (χ4n) is 4.09. The van der Waals surface area contributed by atoms with Crippen LogP contribution in [0, 0.1) is 5.92 Å². The van der Waals surface area contributed by atoms with Gasteiger partial charge in [0.2, 0.25) is 5.91 Å². The highest BCUT2D eigenvalue weighted by Gasteiger charge is 2.34. The van der Waals surface area contributed by atoms with Gasteiger partial charge in [-0.05, 0) is 42.7 Å². The first-order valence-corrected chi connectivity index (χ1v) is 8.66. The van der Waals surface area contributed by atoms with E-state index in [9.17, 15) is 9.59 Å². The molecule has 2 aromatic rings. The first kappa shape index (κ1) is 15.9. The molecule has 0 aliphatic carbocycles. The summed E-state index contributed by atoms with van der Waals surface area (Å²) in [6.07, 6.45) is 1.10. The van der Waals surface area contributed by atoms with E-state index in [1.807, 2.05) is 16.7 Å². The molecule has 25 heavy (non-hydrogen) atoms. The zero-order valence-electron chi connectivity index (χ0n) is 14.0. The Kier molecular flexibility index (Phi) is 4.05. The third-order valence-electron chi connectivity index (χ3n) is 5.12. The quantitative estimate of drug-likeness (QED) is 0.831. The van der Waals surface area contributed by atoms with Crippen LogP contribution in [0.3, 0.4) is 0 Å². The SMILES string of the molecule is Nc1ccc(NC(=O)CN2CC3CC(C2)c2cccc(=O)n2C3)cc1. The predicted octanol–water partition coefficient (Wildman–Crippen LogP) is 1.49. The zero-order valence-corrected chi connectivity index (χ0v) is 14.0. The molecular weight excluding hydrogens is 316 g/mol. The van der Waals surface area contributed by atoms with Crippen molar-refractivity contribution in [1.82, 2.24) is 9.47 Å². The zero-order chi connectivity index (χ0) is 17.4. The van der Waals surface area contributed by atoms with E-state index >= 15 is 0 Å². The molecule has 1 fully saturated rings. The van der Waals surface area contributed by atoms with Crippen LogP contribution < -0.4 is 16.6 Å². The van der Waals surface area contributed by atoms with Gasteiger partial charge >= 0.3 is 0 Å². The van der Waals surface area contributed by atoms with E-state index < -0.39 is 0 Å². The Morgan fingerprint density at radius 2 is 1.92 bits per heavy atom. The maximum Gasteiger partial charge on any atom is 0.250 e. The molecule has 2 atom stereocenters. The number of rotatable bonds is 3. The Morgan fingerprint density at radius 3 is 2.72 bits per heavy atom. The van der Waals surface area contributed by atoms with Crippen molar-refractivity contribution in [3.05, 3.63) is 58.5 Å². The van der Waals surface area contributed by atoms with Gasteiger partial charge in [0.05, 0.1) is 6.54 Å². The van der Waals surface area contributed by atoms with Gasteiger partial charge in [0, 0.05) is 48.7 Å². The molecule has 2 unspecified atom stereocenters. The highest BCUT2D eigenvalue weighted by atomic mass is 16.2. The van der Waals surface area contributed by atoms with Gasteiger partial charge in [-0.15, -0.1) is 0 Å². The van der Waals surface area contributed by atoms with Gasteiger partial charge in [-0.25, -0.2) is 0 Å². The Labute approximate surface area is 146 Å². The van der Waals surface area contributed by atoms with Gasteiger partial charge < -0.3 is 15.6 Å². The van der Waals surface area contributed by atoms with Crippen LogP contribution >= 0.6 is 0 Å². The van der Waals surface area contributed by atoms with Crippen molar-refractivity contribution in [2.75, 3.05) is 30.7 Å². The van der Waals surface area contributed by atoms with Gasteiger partial charge in [0.15, 0.2) is 0 Å². The lowest BCUT2D eigenvalue weighted by Gasteiger charge is -2.42. The second-order valence-corrected chi connectivity index (χ2v) is 7.06. The van der Waals surface area contributed by atoms with Crippen LogP contribution in [0.5, 0.6) is 0 Å². The smallest absolute Gasteiger partial charge is 0.250 e. The number of nitrogen functional groups attached to an aromatic ring is 1. The molecule has 6 nitrogen and oxygen atoms in total. The third kappa shape index (κ3) is 3.30. The number of nitrogens with one attached hydrogen (secondary N) is 1. The lowest BCUT2D eigenvalue weighted by Crippen LogP contribution is -2.49. The summed E-state index contributed by atoms with van der Waals surface area (Å²) in [5.74, 6) is 0.733. The molecule has 0 spiro atoms. The number of carbonyl (C=O) groups is 1. The Hall–Kier alpha value is -2.60. The molecule has 0 saturated carbocycles. The van der Waals surface area contributed by atoms with Gasteiger partial charge in [-0.2, -0.15) is 0 Å². The monoisotopic (exact) mass is 338 g/mol. The Bertz CT molecular complexity index is 843. The molecule has 6 heteroatoms. The molecule has 1 aromatic heterocycles. The summed E-state index contributed by atoms with van der Waals surface area (Å²) in [6.45, 7) is 2.79. The third-order valence-corrected chi connectivity index (χ3v) is 5.12. The van der Waals surface area contributed by atoms with Crippen molar-refractivity contribution in [1.29, 1.82) is 0 Å². The van der Waals surface area contributed by atoms with E-state index in [2.05, 4.69) is 10.2 Å². The molecule has 3 N–H and O–H groups in total. The maximum absolute atomic E-state index is 12.3. The van der Waals surface area contributed by atoms with Crippen LogP contribution in [-0.4, -0.2) is 35.0 Å². The highest BCUT2D eigenvalue weighted by Crippen LogP contribution is 2.34. The summed E-state index contributed by atoms with van der Waals surface area (Å²) in [7, 11) is 0. The second-order valence-electron chi connectivity index (χ2n) is 7.06. The van der Waals surface area contributed by atoms with E-state index in [1.54, 1.807) is 30.3 Å². The number of aromatic nitrogens is 1. The number of hydrogen-bond acceptors (Lipinski definition) is 4. The number of nitrogens with zero attached hydrogens (tertiary/aromatic N) is 2. The molecular formula is C19H22N4O2. The summed E-state index contributed by atoms with van der Waals surface area (Å²) >= 11 is 0. The van der Waals surface area contributed by atoms with E-state index in [0.717, 1.165) is 37.4 Å². The second kappa shape index (κ2) is 6.37. The summed E-state index contributed by atoms with van der Waals surface area (Å²) < 4.78 is 1.91. The fourth-order valence-corrected chi connectivity index (χ4v) is 4.09. The molecule has 2 aliphatic heterocycles. The maximum atomic E-state index is 12.3. The molecule has 1 amide bonds. The van der Waals surface area contributed by atoms with Gasteiger partial charge in [0.25, 0.3) is 5.56 Å². The van der Waals surface area contributed by atoms with E-state index in [-0.39, 0.29) is 11.5 Å². The van der Waals surface area contributed by atoms with Crippen molar-refractivity contribution in [2.24, 2.45) is 5.92 Å². The van der Waals surface area contributed by atoms with E-state index in [4.69, 9.17) is 5.73 Å². The van der Waals surface area contributed by atoms with Crippen LogP contribution in [0.15, 0.2) is 47.3 Å². The molecule has 2 bridgehead atoms. The average Bonchev–Trinajstić information content (AvgIpc) is 2.58.